The van der Waals surface area contributed by atoms with E-state index in [4.69, 9.17) is 0 Å². The summed E-state index contributed by atoms with van der Waals surface area (Å²) in [6, 6.07) is 8.74. The quantitative estimate of drug-likeness (QED) is 0.591. The highest BCUT2D eigenvalue weighted by molar-refractivity contribution is 5.62. The van der Waals surface area contributed by atoms with Gasteiger partial charge in [-0.2, -0.15) is 10.2 Å². The second kappa shape index (κ2) is 9.50. The molecule has 2 fully saturated rings. The van der Waals surface area contributed by atoms with Gasteiger partial charge in [0.2, 0.25) is 5.95 Å². The van der Waals surface area contributed by atoms with Crippen LogP contribution >= 0.6 is 0 Å². The van der Waals surface area contributed by atoms with Gasteiger partial charge in [-0.05, 0) is 79.7 Å². The van der Waals surface area contributed by atoms with Gasteiger partial charge < -0.3 is 15.5 Å². The maximum atomic E-state index is 9.58. The molecule has 1 aromatic carbocycles. The third-order valence-corrected chi connectivity index (χ3v) is 6.73. The number of rotatable bonds is 6. The van der Waals surface area contributed by atoms with Crippen LogP contribution in [0.15, 0.2) is 30.7 Å². The third-order valence-electron chi connectivity index (χ3n) is 6.73. The van der Waals surface area contributed by atoms with Crippen molar-refractivity contribution in [2.75, 3.05) is 30.3 Å². The highest BCUT2D eigenvalue weighted by Crippen LogP contribution is 2.31. The molecule has 0 spiro atoms. The molecule has 0 amide bonds. The summed E-state index contributed by atoms with van der Waals surface area (Å²) in [6.07, 6.45) is 9.48. The van der Waals surface area contributed by atoms with Crippen molar-refractivity contribution in [3.8, 4) is 11.8 Å². The van der Waals surface area contributed by atoms with E-state index in [-0.39, 0.29) is 0 Å². The molecule has 2 aliphatic heterocycles. The summed E-state index contributed by atoms with van der Waals surface area (Å²) in [5.74, 6) is 1.59. The molecule has 2 N–H and O–H groups in total. The van der Waals surface area contributed by atoms with E-state index in [1.54, 1.807) is 17.2 Å². The number of anilines is 3. The summed E-state index contributed by atoms with van der Waals surface area (Å²) in [6.45, 7) is 5.25. The Bertz CT molecular complexity index is 1130. The molecule has 10 nitrogen and oxygen atoms in total. The van der Waals surface area contributed by atoms with Crippen LogP contribution in [-0.4, -0.2) is 60.8 Å². The average Bonchev–Trinajstić information content (AvgIpc) is 3.39. The first kappa shape index (κ1) is 21.3. The predicted molar refractivity (Wildman–Crippen MR) is 124 cm³/mol. The van der Waals surface area contributed by atoms with Crippen molar-refractivity contribution in [1.82, 2.24) is 35.1 Å². The Kier molecular flexibility index (Phi) is 6.13. The van der Waals surface area contributed by atoms with Gasteiger partial charge in [0, 0.05) is 18.3 Å². The Hall–Kier alpha value is -3.58. The number of hydrogen-bond acceptors (Lipinski definition) is 9. The predicted octanol–water partition coefficient (Wildman–Crippen LogP) is 3.05. The number of fused-ring (bicyclic) bond motifs is 1. The Labute approximate surface area is 193 Å². The monoisotopic (exact) mass is 444 g/mol. The van der Waals surface area contributed by atoms with E-state index in [9.17, 15) is 5.26 Å². The molecule has 2 saturated heterocycles. The van der Waals surface area contributed by atoms with Gasteiger partial charge in [0.1, 0.15) is 23.8 Å². The fourth-order valence-electron chi connectivity index (χ4n) is 5.04. The first-order chi connectivity index (χ1) is 16.2. The Morgan fingerprint density at radius 1 is 1.18 bits per heavy atom. The molecule has 4 heterocycles. The highest BCUT2D eigenvalue weighted by Gasteiger charge is 2.32. The van der Waals surface area contributed by atoms with E-state index in [1.165, 1.54) is 45.2 Å². The molecule has 3 aromatic rings. The lowest BCUT2D eigenvalue weighted by atomic mass is 9.83. The smallest absolute Gasteiger partial charge is 0.229 e. The topological polar surface area (TPSA) is 120 Å². The average molecular weight is 445 g/mol. The normalized spacial score (nSPS) is 20.6. The zero-order valence-electron chi connectivity index (χ0n) is 18.8. The standard InChI is InChI=1S/C23H28N10/c1-16-7-8-19(11-21(16)33-15-27-30-31-33)28-23-26-14-18(12-24)22(29-23)25-13-17-5-4-10-32-9-3-2-6-20(17)32/h7-8,11,14-15,17,20H,2-6,9-10,13H2,1H3,(H2,25,26,28,29). The lowest BCUT2D eigenvalue weighted by Gasteiger charge is -2.44. The maximum absolute atomic E-state index is 9.58. The number of aromatic nitrogens is 6. The first-order valence-corrected chi connectivity index (χ1v) is 11.6. The molecule has 0 bridgehead atoms. The number of nitrogens with one attached hydrogen (secondary N) is 2. The highest BCUT2D eigenvalue weighted by atomic mass is 15.5. The molecule has 2 aliphatic rings. The molecule has 170 valence electrons. The molecule has 5 rings (SSSR count). The Balaban J connectivity index is 1.32. The number of nitrogens with zero attached hydrogens (tertiary/aromatic N) is 8. The second-order valence-electron chi connectivity index (χ2n) is 8.83. The van der Waals surface area contributed by atoms with Gasteiger partial charge in [0.15, 0.2) is 0 Å². The van der Waals surface area contributed by atoms with E-state index >= 15 is 0 Å². The fraction of sp³-hybridized carbons (Fsp3) is 0.478. The number of tetrazole rings is 1. The molecular formula is C23H28N10. The van der Waals surface area contributed by atoms with Crippen LogP contribution in [0.4, 0.5) is 17.5 Å². The van der Waals surface area contributed by atoms with E-state index in [2.05, 4.69) is 47.1 Å². The van der Waals surface area contributed by atoms with Gasteiger partial charge in [-0.15, -0.1) is 5.10 Å². The van der Waals surface area contributed by atoms with Crippen LogP contribution in [0.1, 0.15) is 43.2 Å². The minimum atomic E-state index is 0.436. The van der Waals surface area contributed by atoms with Crippen molar-refractivity contribution in [1.29, 1.82) is 5.26 Å². The summed E-state index contributed by atoms with van der Waals surface area (Å²) in [4.78, 5) is 11.6. The van der Waals surface area contributed by atoms with Crippen molar-refractivity contribution in [3.63, 3.8) is 0 Å². The third kappa shape index (κ3) is 4.64. The largest absolute Gasteiger partial charge is 0.368 e. The molecule has 0 aliphatic carbocycles. The van der Waals surface area contributed by atoms with Crippen LogP contribution in [-0.2, 0) is 0 Å². The van der Waals surface area contributed by atoms with Crippen LogP contribution in [0, 0.1) is 24.2 Å². The molecule has 0 saturated carbocycles. The van der Waals surface area contributed by atoms with Crippen molar-refractivity contribution >= 4 is 17.5 Å². The van der Waals surface area contributed by atoms with Crippen molar-refractivity contribution in [3.05, 3.63) is 41.9 Å². The zero-order valence-corrected chi connectivity index (χ0v) is 18.8. The Morgan fingerprint density at radius 2 is 2.09 bits per heavy atom. The number of nitriles is 1. The van der Waals surface area contributed by atoms with Crippen molar-refractivity contribution in [2.45, 2.75) is 45.1 Å². The summed E-state index contributed by atoms with van der Waals surface area (Å²) < 4.78 is 1.62. The molecule has 2 aromatic heterocycles. The number of benzene rings is 1. The number of piperidine rings is 2. The van der Waals surface area contributed by atoms with Gasteiger partial charge in [0.25, 0.3) is 0 Å². The molecule has 33 heavy (non-hydrogen) atoms. The number of aryl methyl sites for hydroxylation is 1. The maximum Gasteiger partial charge on any atom is 0.229 e. The molecule has 10 heteroatoms. The van der Waals surface area contributed by atoms with E-state index in [0.29, 0.717) is 29.3 Å². The molecule has 0 radical (unpaired) electrons. The second-order valence-corrected chi connectivity index (χ2v) is 8.83. The summed E-state index contributed by atoms with van der Waals surface area (Å²) in [7, 11) is 0. The van der Waals surface area contributed by atoms with Gasteiger partial charge in [-0.1, -0.05) is 12.5 Å². The fourth-order valence-corrected chi connectivity index (χ4v) is 5.04. The van der Waals surface area contributed by atoms with E-state index < -0.39 is 0 Å². The minimum absolute atomic E-state index is 0.436. The number of hydrogen-bond donors (Lipinski definition) is 2. The summed E-state index contributed by atoms with van der Waals surface area (Å²) >= 11 is 0. The van der Waals surface area contributed by atoms with Crippen LogP contribution < -0.4 is 10.6 Å². The van der Waals surface area contributed by atoms with E-state index in [0.717, 1.165) is 23.5 Å². The molecular weight excluding hydrogens is 416 g/mol. The zero-order chi connectivity index (χ0) is 22.6. The van der Waals surface area contributed by atoms with Gasteiger partial charge in [0.05, 0.1) is 11.9 Å². The van der Waals surface area contributed by atoms with Crippen molar-refractivity contribution < 1.29 is 0 Å². The van der Waals surface area contributed by atoms with Crippen LogP contribution in [0.5, 0.6) is 0 Å². The first-order valence-electron chi connectivity index (χ1n) is 11.6. The lowest BCUT2D eigenvalue weighted by molar-refractivity contribution is 0.0649. The Morgan fingerprint density at radius 3 is 2.94 bits per heavy atom. The SMILES string of the molecule is Cc1ccc(Nc2ncc(C#N)c(NCC3CCCN4CCCCC34)n2)cc1-n1cnnn1. The summed E-state index contributed by atoms with van der Waals surface area (Å²) in [5, 5.41) is 27.7. The van der Waals surface area contributed by atoms with Gasteiger partial charge in [-0.25, -0.2) is 9.67 Å². The van der Waals surface area contributed by atoms with Crippen LogP contribution in [0.25, 0.3) is 5.69 Å². The summed E-state index contributed by atoms with van der Waals surface area (Å²) in [5.41, 5.74) is 3.17. The lowest BCUT2D eigenvalue weighted by Crippen LogP contribution is -2.49. The molecule has 2 atom stereocenters. The minimum Gasteiger partial charge on any atom is -0.368 e. The van der Waals surface area contributed by atoms with Gasteiger partial charge in [-0.3, -0.25) is 0 Å². The van der Waals surface area contributed by atoms with E-state index in [1.807, 2.05) is 25.1 Å². The van der Waals surface area contributed by atoms with Crippen LogP contribution in [0.3, 0.4) is 0 Å². The molecule has 2 unspecified atom stereocenters. The van der Waals surface area contributed by atoms with Gasteiger partial charge >= 0.3 is 0 Å². The van der Waals surface area contributed by atoms with Crippen molar-refractivity contribution in [2.24, 2.45) is 5.92 Å². The van der Waals surface area contributed by atoms with Crippen LogP contribution in [0.2, 0.25) is 0 Å².